The van der Waals surface area contributed by atoms with Crippen molar-refractivity contribution >= 4 is 29.4 Å². The molecule has 10 heteroatoms. The van der Waals surface area contributed by atoms with Gasteiger partial charge in [0.1, 0.15) is 11.8 Å². The van der Waals surface area contributed by atoms with Crippen LogP contribution in [-0.2, 0) is 25.7 Å². The smallest absolute Gasteiger partial charge is 0.308 e. The van der Waals surface area contributed by atoms with E-state index in [2.05, 4.69) is 16.0 Å². The molecule has 10 nitrogen and oxygen atoms in total. The molecule has 1 fully saturated rings. The first-order chi connectivity index (χ1) is 16.3. The lowest BCUT2D eigenvalue weighted by Gasteiger charge is -2.34. The van der Waals surface area contributed by atoms with Gasteiger partial charge in [-0.2, -0.15) is 0 Å². The minimum Gasteiger partial charge on any atom is -0.467 e. The Bertz CT molecular complexity index is 1000. The van der Waals surface area contributed by atoms with Gasteiger partial charge in [0, 0.05) is 24.3 Å². The number of piperazine rings is 1. The summed E-state index contributed by atoms with van der Waals surface area (Å²) in [6.45, 7) is 4.87. The molecule has 1 unspecified atom stereocenters. The number of nitrogens with zero attached hydrogens (tertiary/aromatic N) is 1. The van der Waals surface area contributed by atoms with Crippen LogP contribution in [0.2, 0.25) is 0 Å². The molecule has 1 saturated heterocycles. The highest BCUT2D eigenvalue weighted by atomic mass is 16.5. The third-order valence-electron chi connectivity index (χ3n) is 5.16. The van der Waals surface area contributed by atoms with E-state index in [1.54, 1.807) is 36.4 Å². The molecule has 0 spiro atoms. The molecule has 1 atom stereocenters. The molecule has 1 aromatic heterocycles. The van der Waals surface area contributed by atoms with Gasteiger partial charge in [0.15, 0.2) is 0 Å². The van der Waals surface area contributed by atoms with Gasteiger partial charge in [-0.1, -0.05) is 19.9 Å². The summed E-state index contributed by atoms with van der Waals surface area (Å²) in [7, 11) is 0. The summed E-state index contributed by atoms with van der Waals surface area (Å²) in [6.07, 6.45) is 1.34. The Labute approximate surface area is 198 Å². The Morgan fingerprint density at radius 3 is 2.79 bits per heavy atom. The molecule has 3 rings (SSSR count). The number of carbonyl (C=O) groups excluding carboxylic acids is 4. The van der Waals surface area contributed by atoms with E-state index < -0.39 is 12.0 Å². The summed E-state index contributed by atoms with van der Waals surface area (Å²) in [4.78, 5) is 51.1. The molecule has 1 aliphatic rings. The third-order valence-corrected chi connectivity index (χ3v) is 5.16. The zero-order chi connectivity index (χ0) is 24.5. The van der Waals surface area contributed by atoms with Gasteiger partial charge in [-0.05, 0) is 36.2 Å². The van der Waals surface area contributed by atoms with Crippen molar-refractivity contribution in [2.75, 3.05) is 31.6 Å². The Balaban J connectivity index is 1.55. The quantitative estimate of drug-likeness (QED) is 0.449. The second kappa shape index (κ2) is 11.9. The fourth-order valence-electron chi connectivity index (χ4n) is 3.42. The maximum absolute atomic E-state index is 12.9. The molecule has 1 aliphatic heterocycles. The summed E-state index contributed by atoms with van der Waals surface area (Å²) >= 11 is 0. The number of benzene rings is 1. The Kier molecular flexibility index (Phi) is 8.66. The molecule has 2 aromatic rings. The molecule has 182 valence electrons. The maximum atomic E-state index is 12.9. The molecule has 3 amide bonds. The van der Waals surface area contributed by atoms with Crippen LogP contribution >= 0.6 is 0 Å². The lowest BCUT2D eigenvalue weighted by molar-refractivity contribution is -0.152. The van der Waals surface area contributed by atoms with Gasteiger partial charge in [-0.15, -0.1) is 0 Å². The van der Waals surface area contributed by atoms with E-state index in [9.17, 15) is 19.2 Å². The van der Waals surface area contributed by atoms with Crippen molar-refractivity contribution < 1.29 is 28.3 Å². The second-order valence-corrected chi connectivity index (χ2v) is 8.37. The zero-order valence-corrected chi connectivity index (χ0v) is 19.3. The predicted molar refractivity (Wildman–Crippen MR) is 124 cm³/mol. The first kappa shape index (κ1) is 24.8. The number of hydrogen-bond acceptors (Lipinski definition) is 7. The summed E-state index contributed by atoms with van der Waals surface area (Å²) in [5, 5.41) is 8.46. The lowest BCUT2D eigenvalue weighted by Crippen LogP contribution is -2.58. The molecule has 2 heterocycles. The highest BCUT2D eigenvalue weighted by molar-refractivity contribution is 5.95. The number of esters is 1. The van der Waals surface area contributed by atoms with Crippen LogP contribution in [0, 0.1) is 5.92 Å². The monoisotopic (exact) mass is 470 g/mol. The highest BCUT2D eigenvalue weighted by Gasteiger charge is 2.35. The van der Waals surface area contributed by atoms with E-state index in [-0.39, 0.29) is 49.8 Å². The van der Waals surface area contributed by atoms with E-state index in [4.69, 9.17) is 9.15 Å². The van der Waals surface area contributed by atoms with Crippen molar-refractivity contribution in [1.82, 2.24) is 15.5 Å². The molecular weight excluding hydrogens is 440 g/mol. The number of nitrogens with one attached hydrogen (secondary N) is 3. The van der Waals surface area contributed by atoms with Crippen LogP contribution in [0.25, 0.3) is 0 Å². The number of furan rings is 1. The van der Waals surface area contributed by atoms with Gasteiger partial charge < -0.3 is 30.0 Å². The van der Waals surface area contributed by atoms with Crippen LogP contribution in [0.4, 0.5) is 5.69 Å². The van der Waals surface area contributed by atoms with E-state index in [0.717, 1.165) is 0 Å². The van der Waals surface area contributed by atoms with Gasteiger partial charge in [0.2, 0.25) is 11.8 Å². The van der Waals surface area contributed by atoms with Crippen LogP contribution in [0.1, 0.15) is 36.4 Å². The largest absolute Gasteiger partial charge is 0.467 e. The summed E-state index contributed by atoms with van der Waals surface area (Å²) < 4.78 is 10.4. The molecule has 34 heavy (non-hydrogen) atoms. The number of anilines is 1. The number of amides is 3. The minimum atomic E-state index is -0.915. The Hall–Kier alpha value is -3.82. The minimum absolute atomic E-state index is 0.0950. The average Bonchev–Trinajstić information content (AvgIpc) is 3.35. The normalized spacial score (nSPS) is 15.6. The third kappa shape index (κ3) is 7.09. The predicted octanol–water partition coefficient (Wildman–Crippen LogP) is 1.54. The average molecular weight is 471 g/mol. The van der Waals surface area contributed by atoms with Gasteiger partial charge in [-0.3, -0.25) is 19.2 Å². The molecule has 0 radical (unpaired) electrons. The van der Waals surface area contributed by atoms with E-state index in [1.807, 2.05) is 13.8 Å². The van der Waals surface area contributed by atoms with Crippen LogP contribution in [0.15, 0.2) is 47.1 Å². The van der Waals surface area contributed by atoms with Crippen LogP contribution in [-0.4, -0.2) is 60.9 Å². The fraction of sp³-hybridized carbons (Fsp3) is 0.417. The van der Waals surface area contributed by atoms with Crippen LogP contribution in [0.3, 0.4) is 0 Å². The number of ether oxygens (including phenoxy) is 1. The van der Waals surface area contributed by atoms with Gasteiger partial charge >= 0.3 is 5.97 Å². The second-order valence-electron chi connectivity index (χ2n) is 8.37. The number of carbonyl (C=O) groups is 4. The zero-order valence-electron chi connectivity index (χ0n) is 19.3. The lowest BCUT2D eigenvalue weighted by atomic mass is 10.1. The first-order valence-electron chi connectivity index (χ1n) is 11.2. The standard InChI is InChI=1S/C24H30N4O6/c1-16(2)15-34-22(30)12-20-24(32)25-8-9-28(20)21(29)14-26-18-6-3-5-17(11-18)23(31)27-13-19-7-4-10-33-19/h3-7,10-11,16,20,26H,8-9,12-15H2,1-2H3,(H,25,32)(H,27,31). The molecule has 3 N–H and O–H groups in total. The van der Waals surface area contributed by atoms with Gasteiger partial charge in [0.25, 0.3) is 5.91 Å². The fourth-order valence-corrected chi connectivity index (χ4v) is 3.42. The van der Waals surface area contributed by atoms with E-state index in [0.29, 0.717) is 30.1 Å². The van der Waals surface area contributed by atoms with Crippen molar-refractivity contribution in [1.29, 1.82) is 0 Å². The topological polar surface area (TPSA) is 130 Å². The van der Waals surface area contributed by atoms with Crippen molar-refractivity contribution in [3.05, 3.63) is 54.0 Å². The number of hydrogen-bond donors (Lipinski definition) is 3. The highest BCUT2D eigenvalue weighted by Crippen LogP contribution is 2.14. The molecule has 0 saturated carbocycles. The summed E-state index contributed by atoms with van der Waals surface area (Å²) in [5.41, 5.74) is 1.00. The van der Waals surface area contributed by atoms with E-state index in [1.165, 1.54) is 11.2 Å². The SMILES string of the molecule is CC(C)COC(=O)CC1C(=O)NCCN1C(=O)CNc1cccc(C(=O)NCc2ccco2)c1. The van der Waals surface area contributed by atoms with Crippen LogP contribution in [0.5, 0.6) is 0 Å². The van der Waals surface area contributed by atoms with Gasteiger partial charge in [-0.25, -0.2) is 0 Å². The summed E-state index contributed by atoms with van der Waals surface area (Å²) in [6, 6.07) is 9.33. The summed E-state index contributed by atoms with van der Waals surface area (Å²) in [5.74, 6) is -0.690. The van der Waals surface area contributed by atoms with Crippen molar-refractivity contribution in [2.45, 2.75) is 32.9 Å². The van der Waals surface area contributed by atoms with Crippen molar-refractivity contribution in [3.8, 4) is 0 Å². The van der Waals surface area contributed by atoms with Crippen molar-refractivity contribution in [3.63, 3.8) is 0 Å². The molecule has 0 aliphatic carbocycles. The van der Waals surface area contributed by atoms with E-state index >= 15 is 0 Å². The number of rotatable bonds is 10. The molecule has 0 bridgehead atoms. The van der Waals surface area contributed by atoms with Gasteiger partial charge in [0.05, 0.1) is 32.4 Å². The first-order valence-corrected chi connectivity index (χ1v) is 11.2. The maximum Gasteiger partial charge on any atom is 0.308 e. The van der Waals surface area contributed by atoms with Crippen molar-refractivity contribution in [2.24, 2.45) is 5.92 Å². The van der Waals surface area contributed by atoms with Crippen LogP contribution < -0.4 is 16.0 Å². The Morgan fingerprint density at radius 1 is 1.24 bits per heavy atom. The molecular formula is C24H30N4O6. The molecule has 1 aromatic carbocycles. The Morgan fingerprint density at radius 2 is 2.06 bits per heavy atom.